The Hall–Kier alpha value is -8.17. The highest BCUT2D eigenvalue weighted by atomic mass is 32.3. The molecule has 0 aliphatic rings. The Morgan fingerprint density at radius 3 is 0.731 bits per heavy atom. The van der Waals surface area contributed by atoms with Crippen molar-refractivity contribution in [3.8, 4) is 11.5 Å². The third-order valence-corrected chi connectivity index (χ3v) is 10.3. The van der Waals surface area contributed by atoms with Gasteiger partial charge < -0.3 is 10.9 Å². The molecule has 0 bridgehead atoms. The summed E-state index contributed by atoms with van der Waals surface area (Å²) in [5.74, 6) is 1.49. The molecule has 0 spiro atoms. The van der Waals surface area contributed by atoms with Crippen LogP contribution in [-0.2, 0) is 10.4 Å². The summed E-state index contributed by atoms with van der Waals surface area (Å²) in [6.45, 7) is 0. The molecule has 0 atom stereocenters. The van der Waals surface area contributed by atoms with E-state index in [4.69, 9.17) is 22.3 Å². The Kier molecular flexibility index (Phi) is 17.9. The van der Waals surface area contributed by atoms with E-state index in [0.717, 1.165) is 78.3 Å². The number of hydrogen-bond donors (Lipinski definition) is 3. The van der Waals surface area contributed by atoms with Crippen molar-refractivity contribution in [2.24, 2.45) is 0 Å². The van der Waals surface area contributed by atoms with E-state index in [0.29, 0.717) is 0 Å². The second-order valence-electron chi connectivity index (χ2n) is 15.0. The monoisotopic (exact) mass is 897 g/mol. The Labute approximate surface area is 394 Å². The summed E-state index contributed by atoms with van der Waals surface area (Å²) in [6, 6.07) is 71.0. The molecular formula is C60H51NO5S. The van der Waals surface area contributed by atoms with E-state index in [1.165, 1.54) is 0 Å². The van der Waals surface area contributed by atoms with E-state index in [9.17, 15) is 0 Å². The van der Waals surface area contributed by atoms with Crippen molar-refractivity contribution in [2.75, 3.05) is 0 Å². The minimum absolute atomic E-state index is 0. The topological polar surface area (TPSA) is 119 Å². The first-order valence-electron chi connectivity index (χ1n) is 21.4. The smallest absolute Gasteiger partial charge is 0.394 e. The average Bonchev–Trinajstić information content (AvgIpc) is 3.35. The molecule has 8 aromatic rings. The van der Waals surface area contributed by atoms with E-state index >= 15 is 0 Å². The fourth-order valence-corrected chi connectivity index (χ4v) is 7.04. The fraction of sp³-hybridized carbons (Fsp3) is 0. The Morgan fingerprint density at radius 1 is 0.284 bits per heavy atom. The summed E-state index contributed by atoms with van der Waals surface area (Å²) in [4.78, 5) is 0. The van der Waals surface area contributed by atoms with Crippen molar-refractivity contribution >= 4 is 83.3 Å². The summed E-state index contributed by atoms with van der Waals surface area (Å²) in [5.41, 5.74) is 12.9. The summed E-state index contributed by atoms with van der Waals surface area (Å²) < 4.78 is 38.8. The second kappa shape index (κ2) is 24.8. The molecule has 0 fully saturated rings. The number of rotatable bonds is 14. The first kappa shape index (κ1) is 48.3. The van der Waals surface area contributed by atoms with Gasteiger partial charge in [-0.05, 0) is 67.8 Å². The second-order valence-corrected chi connectivity index (χ2v) is 15.9. The van der Waals surface area contributed by atoms with Gasteiger partial charge in [0.2, 0.25) is 0 Å². The number of ether oxygens (including phenoxy) is 1. The maximum Gasteiger partial charge on any atom is 0.394 e. The van der Waals surface area contributed by atoms with Gasteiger partial charge in [-0.3, -0.25) is 9.11 Å². The van der Waals surface area contributed by atoms with Gasteiger partial charge in [0.1, 0.15) is 11.5 Å². The van der Waals surface area contributed by atoms with Crippen LogP contribution in [0.5, 0.6) is 11.5 Å². The lowest BCUT2D eigenvalue weighted by molar-refractivity contribution is 0.381. The first-order chi connectivity index (χ1) is 32.2. The molecule has 0 aliphatic carbocycles. The van der Waals surface area contributed by atoms with Crippen LogP contribution in [0.4, 0.5) is 0 Å². The average molecular weight is 898 g/mol. The highest BCUT2D eigenvalue weighted by Crippen LogP contribution is 2.38. The molecule has 0 amide bonds. The SMILES string of the molecule is C(=Cc1ccc(Oc2ccc(C=Cc3ccccc3)c(C=Cc3ccccc3)c2C=Cc2ccccc2)c(C=Cc2ccccc2)c1C=Cc1ccccc1)c1ccccc1.N.O=S(=O)(O)O. The standard InChI is InChI=1S/C60H46O.H3N.H2O4S/c1-7-19-47(20-8-1)31-37-53-39-45-59(57(43-35-51-27-15-5-16-28-51)55(53)41-33-49-23-11-3-12-24-49)61-60-46-40-54(38-32-48-21-9-2-10-22-48)56(42-34-50-25-13-4-14-26-50)58(60)44-36-52-29-17-6-18-30-52;;1-5(2,3)4/h1-46H;1H3;(H2,1,2,3,4). The van der Waals surface area contributed by atoms with E-state index < -0.39 is 10.4 Å². The molecule has 6 nitrogen and oxygen atoms in total. The van der Waals surface area contributed by atoms with Crippen LogP contribution in [0.3, 0.4) is 0 Å². The van der Waals surface area contributed by atoms with Crippen LogP contribution in [0.15, 0.2) is 206 Å². The Bertz CT molecular complexity index is 2890. The zero-order valence-electron chi connectivity index (χ0n) is 36.8. The summed E-state index contributed by atoms with van der Waals surface area (Å²) in [6.07, 6.45) is 26.2. The molecule has 0 aliphatic heterocycles. The third kappa shape index (κ3) is 15.5. The van der Waals surface area contributed by atoms with Crippen LogP contribution in [0, 0.1) is 0 Å². The van der Waals surface area contributed by atoms with Crippen LogP contribution in [0.1, 0.15) is 66.8 Å². The minimum atomic E-state index is -4.67. The van der Waals surface area contributed by atoms with Gasteiger partial charge in [-0.15, -0.1) is 0 Å². The highest BCUT2D eigenvalue weighted by molar-refractivity contribution is 7.79. The largest absolute Gasteiger partial charge is 0.456 e. The van der Waals surface area contributed by atoms with Gasteiger partial charge in [-0.2, -0.15) is 8.42 Å². The summed E-state index contributed by atoms with van der Waals surface area (Å²) in [7, 11) is -4.67. The van der Waals surface area contributed by atoms with Gasteiger partial charge >= 0.3 is 10.4 Å². The zero-order chi connectivity index (χ0) is 45.8. The van der Waals surface area contributed by atoms with Crippen molar-refractivity contribution in [1.29, 1.82) is 0 Å². The Morgan fingerprint density at radius 2 is 0.493 bits per heavy atom. The first-order valence-corrected chi connectivity index (χ1v) is 22.8. The molecule has 0 saturated heterocycles. The number of benzene rings is 8. The predicted octanol–water partition coefficient (Wildman–Crippen LogP) is 16.0. The summed E-state index contributed by atoms with van der Waals surface area (Å²) in [5, 5.41) is 0. The minimum Gasteiger partial charge on any atom is -0.456 e. The summed E-state index contributed by atoms with van der Waals surface area (Å²) >= 11 is 0. The van der Waals surface area contributed by atoms with Crippen molar-refractivity contribution in [3.63, 3.8) is 0 Å². The van der Waals surface area contributed by atoms with Crippen LogP contribution in [0.25, 0.3) is 72.9 Å². The van der Waals surface area contributed by atoms with Crippen molar-refractivity contribution in [2.45, 2.75) is 0 Å². The van der Waals surface area contributed by atoms with Crippen molar-refractivity contribution < 1.29 is 22.3 Å². The molecular weight excluding hydrogens is 847 g/mol. The van der Waals surface area contributed by atoms with E-state index in [-0.39, 0.29) is 6.15 Å². The lowest BCUT2D eigenvalue weighted by Crippen LogP contribution is -1.97. The van der Waals surface area contributed by atoms with Gasteiger partial charge in [-0.1, -0.05) is 267 Å². The van der Waals surface area contributed by atoms with Crippen LogP contribution < -0.4 is 10.9 Å². The zero-order valence-corrected chi connectivity index (χ0v) is 37.6. The van der Waals surface area contributed by atoms with Gasteiger partial charge in [0, 0.05) is 11.1 Å². The molecule has 67 heavy (non-hydrogen) atoms. The van der Waals surface area contributed by atoms with Gasteiger partial charge in [0.25, 0.3) is 0 Å². The highest BCUT2D eigenvalue weighted by Gasteiger charge is 2.16. The molecule has 332 valence electrons. The van der Waals surface area contributed by atoms with Gasteiger partial charge in [0.15, 0.2) is 0 Å². The third-order valence-electron chi connectivity index (χ3n) is 10.3. The lowest BCUT2D eigenvalue weighted by atomic mass is 9.95. The predicted molar refractivity (Wildman–Crippen MR) is 284 cm³/mol. The van der Waals surface area contributed by atoms with Crippen LogP contribution in [0.2, 0.25) is 0 Å². The molecule has 7 heteroatoms. The normalized spacial score (nSPS) is 11.7. The molecule has 0 unspecified atom stereocenters. The van der Waals surface area contributed by atoms with Crippen molar-refractivity contribution in [1.82, 2.24) is 6.15 Å². The van der Waals surface area contributed by atoms with E-state index in [1.807, 2.05) is 36.4 Å². The fourth-order valence-electron chi connectivity index (χ4n) is 7.04. The maximum absolute atomic E-state index is 8.74. The van der Waals surface area contributed by atoms with E-state index in [2.05, 4.69) is 243 Å². The molecule has 8 rings (SSSR count). The molecule has 0 aromatic heterocycles. The van der Waals surface area contributed by atoms with Crippen LogP contribution in [-0.4, -0.2) is 17.5 Å². The number of hydrogen-bond acceptors (Lipinski definition) is 4. The van der Waals surface area contributed by atoms with Gasteiger partial charge in [0.05, 0.1) is 0 Å². The van der Waals surface area contributed by atoms with Crippen LogP contribution >= 0.6 is 0 Å². The Balaban J connectivity index is 0.00000117. The molecule has 0 radical (unpaired) electrons. The molecule has 0 heterocycles. The van der Waals surface area contributed by atoms with Gasteiger partial charge in [-0.25, -0.2) is 0 Å². The van der Waals surface area contributed by atoms with Crippen molar-refractivity contribution in [3.05, 3.63) is 273 Å². The lowest BCUT2D eigenvalue weighted by Gasteiger charge is -2.18. The molecule has 8 aromatic carbocycles. The quantitative estimate of drug-likeness (QED) is 0.0739. The maximum atomic E-state index is 8.74. The van der Waals surface area contributed by atoms with E-state index in [1.54, 1.807) is 0 Å². The molecule has 0 saturated carbocycles. The molecule has 5 N–H and O–H groups in total.